The van der Waals surface area contributed by atoms with Crippen LogP contribution in [-0.4, -0.2) is 25.6 Å². The highest BCUT2D eigenvalue weighted by Crippen LogP contribution is 2.19. The summed E-state index contributed by atoms with van der Waals surface area (Å²) in [6, 6.07) is 7.78. The van der Waals surface area contributed by atoms with Crippen LogP contribution in [0.1, 0.15) is 51.6 Å². The number of amides is 1. The van der Waals surface area contributed by atoms with E-state index in [-0.39, 0.29) is 18.0 Å². The van der Waals surface area contributed by atoms with Crippen LogP contribution >= 0.6 is 0 Å². The van der Waals surface area contributed by atoms with Crippen molar-refractivity contribution < 1.29 is 9.53 Å². The monoisotopic (exact) mass is 292 g/mol. The highest BCUT2D eigenvalue weighted by Gasteiger charge is 2.16. The molecule has 0 saturated carbocycles. The average molecular weight is 292 g/mol. The molecule has 1 rings (SSSR count). The Morgan fingerprint density at radius 2 is 2.05 bits per heavy atom. The predicted molar refractivity (Wildman–Crippen MR) is 86.5 cm³/mol. The molecule has 0 aliphatic carbocycles. The molecule has 4 heteroatoms. The number of ether oxygens (including phenoxy) is 1. The van der Waals surface area contributed by atoms with Gasteiger partial charge in [0.15, 0.2) is 0 Å². The normalized spacial score (nSPS) is 13.5. The van der Waals surface area contributed by atoms with E-state index in [1.807, 2.05) is 31.2 Å². The van der Waals surface area contributed by atoms with E-state index < -0.39 is 0 Å². The Kier molecular flexibility index (Phi) is 7.83. The Balaban J connectivity index is 2.45. The summed E-state index contributed by atoms with van der Waals surface area (Å²) in [5.74, 6) is 0.888. The van der Waals surface area contributed by atoms with Crippen LogP contribution in [0, 0.1) is 0 Å². The number of hydrogen-bond acceptors (Lipinski definition) is 3. The molecule has 118 valence electrons. The molecule has 1 aromatic carbocycles. The molecule has 0 radical (unpaired) electrons. The van der Waals surface area contributed by atoms with Crippen molar-refractivity contribution in [2.75, 3.05) is 13.7 Å². The van der Waals surface area contributed by atoms with Gasteiger partial charge in [-0.3, -0.25) is 10.1 Å². The summed E-state index contributed by atoms with van der Waals surface area (Å²) in [5, 5.41) is 6.29. The highest BCUT2D eigenvalue weighted by molar-refractivity contribution is 5.81. The lowest BCUT2D eigenvalue weighted by molar-refractivity contribution is -0.122. The van der Waals surface area contributed by atoms with Crippen molar-refractivity contribution in [2.24, 2.45) is 0 Å². The average Bonchev–Trinajstić information content (AvgIpc) is 2.51. The molecule has 1 amide bonds. The zero-order valence-electron chi connectivity index (χ0n) is 13.6. The van der Waals surface area contributed by atoms with Crippen LogP contribution in [0.4, 0.5) is 0 Å². The first kappa shape index (κ1) is 17.5. The van der Waals surface area contributed by atoms with E-state index in [2.05, 4.69) is 24.5 Å². The smallest absolute Gasteiger partial charge is 0.236 e. The summed E-state index contributed by atoms with van der Waals surface area (Å²) in [6.07, 6.45) is 3.36. The molecule has 1 aromatic rings. The minimum absolute atomic E-state index is 0.0563. The van der Waals surface area contributed by atoms with E-state index in [4.69, 9.17) is 4.74 Å². The SMILES string of the molecule is CCCCCNC(=O)C(C)N[C@@H](C)c1cccc(OC)c1. The lowest BCUT2D eigenvalue weighted by Crippen LogP contribution is -2.43. The molecule has 0 aliphatic rings. The molecule has 0 saturated heterocycles. The van der Waals surface area contributed by atoms with Gasteiger partial charge < -0.3 is 10.1 Å². The molecule has 2 N–H and O–H groups in total. The minimum atomic E-state index is -0.215. The van der Waals surface area contributed by atoms with E-state index in [1.165, 1.54) is 0 Å². The van der Waals surface area contributed by atoms with Crippen molar-refractivity contribution in [1.82, 2.24) is 10.6 Å². The molecule has 0 bridgehead atoms. The number of carbonyl (C=O) groups excluding carboxylic acids is 1. The maximum Gasteiger partial charge on any atom is 0.236 e. The molecular formula is C17H28N2O2. The largest absolute Gasteiger partial charge is 0.497 e. The van der Waals surface area contributed by atoms with Crippen LogP contribution in [-0.2, 0) is 4.79 Å². The van der Waals surface area contributed by atoms with E-state index in [0.29, 0.717) is 0 Å². The van der Waals surface area contributed by atoms with Gasteiger partial charge in [0.2, 0.25) is 5.91 Å². The van der Waals surface area contributed by atoms with E-state index in [9.17, 15) is 4.79 Å². The minimum Gasteiger partial charge on any atom is -0.497 e. The number of methoxy groups -OCH3 is 1. The number of rotatable bonds is 9. The molecule has 1 unspecified atom stereocenters. The van der Waals surface area contributed by atoms with Gasteiger partial charge >= 0.3 is 0 Å². The maximum absolute atomic E-state index is 12.0. The van der Waals surface area contributed by atoms with Crippen LogP contribution in [0.15, 0.2) is 24.3 Å². The standard InChI is InChI=1S/C17H28N2O2/c1-5-6-7-11-18-17(20)14(3)19-13(2)15-9-8-10-16(12-15)21-4/h8-10,12-14,19H,5-7,11H2,1-4H3,(H,18,20)/t13-,14?/m0/s1. The van der Waals surface area contributed by atoms with Crippen LogP contribution in [0.3, 0.4) is 0 Å². The lowest BCUT2D eigenvalue weighted by Gasteiger charge is -2.20. The number of hydrogen-bond donors (Lipinski definition) is 2. The topological polar surface area (TPSA) is 50.4 Å². The van der Waals surface area contributed by atoms with Crippen LogP contribution in [0.5, 0.6) is 5.75 Å². The van der Waals surface area contributed by atoms with Gasteiger partial charge in [0.25, 0.3) is 0 Å². The number of benzene rings is 1. The Labute approximate surface area is 128 Å². The first-order valence-corrected chi connectivity index (χ1v) is 7.76. The van der Waals surface area contributed by atoms with Gasteiger partial charge in [-0.15, -0.1) is 0 Å². The molecule has 2 atom stereocenters. The molecule has 21 heavy (non-hydrogen) atoms. The summed E-state index contributed by atoms with van der Waals surface area (Å²) >= 11 is 0. The molecule has 0 spiro atoms. The van der Waals surface area contributed by atoms with Gasteiger partial charge in [0.1, 0.15) is 5.75 Å². The molecule has 0 aliphatic heterocycles. The first-order chi connectivity index (χ1) is 10.1. The van der Waals surface area contributed by atoms with Crippen molar-refractivity contribution in [2.45, 2.75) is 52.1 Å². The second kappa shape index (κ2) is 9.40. The molecule has 0 fully saturated rings. The van der Waals surface area contributed by atoms with Gasteiger partial charge in [-0.2, -0.15) is 0 Å². The summed E-state index contributed by atoms with van der Waals surface area (Å²) in [7, 11) is 1.66. The van der Waals surface area contributed by atoms with Crippen LogP contribution < -0.4 is 15.4 Å². The zero-order chi connectivity index (χ0) is 15.7. The lowest BCUT2D eigenvalue weighted by atomic mass is 10.1. The van der Waals surface area contributed by atoms with Gasteiger partial charge in [0.05, 0.1) is 13.2 Å². The fourth-order valence-corrected chi connectivity index (χ4v) is 2.20. The summed E-state index contributed by atoms with van der Waals surface area (Å²) < 4.78 is 5.23. The number of nitrogens with one attached hydrogen (secondary N) is 2. The summed E-state index contributed by atoms with van der Waals surface area (Å²) in [4.78, 5) is 12.0. The summed E-state index contributed by atoms with van der Waals surface area (Å²) in [6.45, 7) is 6.86. The van der Waals surface area contributed by atoms with Crippen molar-refractivity contribution in [3.05, 3.63) is 29.8 Å². The van der Waals surface area contributed by atoms with Gasteiger partial charge in [0, 0.05) is 12.6 Å². The second-order valence-electron chi connectivity index (χ2n) is 5.38. The first-order valence-electron chi connectivity index (χ1n) is 7.76. The molecule has 0 heterocycles. The third-order valence-corrected chi connectivity index (χ3v) is 3.57. The maximum atomic E-state index is 12.0. The van der Waals surface area contributed by atoms with E-state index in [1.54, 1.807) is 7.11 Å². The molecule has 0 aromatic heterocycles. The van der Waals surface area contributed by atoms with Crippen LogP contribution in [0.2, 0.25) is 0 Å². The van der Waals surface area contributed by atoms with Crippen molar-refractivity contribution >= 4 is 5.91 Å². The zero-order valence-corrected chi connectivity index (χ0v) is 13.6. The van der Waals surface area contributed by atoms with Crippen LogP contribution in [0.25, 0.3) is 0 Å². The predicted octanol–water partition coefficient (Wildman–Crippen LogP) is 3.04. The third-order valence-electron chi connectivity index (χ3n) is 3.57. The Hall–Kier alpha value is -1.55. The van der Waals surface area contributed by atoms with Crippen molar-refractivity contribution in [3.63, 3.8) is 0 Å². The van der Waals surface area contributed by atoms with E-state index >= 15 is 0 Å². The van der Waals surface area contributed by atoms with Gasteiger partial charge in [-0.05, 0) is 38.0 Å². The van der Waals surface area contributed by atoms with Gasteiger partial charge in [-0.25, -0.2) is 0 Å². The number of unbranched alkanes of at least 4 members (excludes halogenated alkanes) is 2. The number of carbonyl (C=O) groups is 1. The van der Waals surface area contributed by atoms with Gasteiger partial charge in [-0.1, -0.05) is 31.9 Å². The van der Waals surface area contributed by atoms with Crippen molar-refractivity contribution in [1.29, 1.82) is 0 Å². The Morgan fingerprint density at radius 1 is 1.29 bits per heavy atom. The Morgan fingerprint density at radius 3 is 2.71 bits per heavy atom. The van der Waals surface area contributed by atoms with Crippen molar-refractivity contribution in [3.8, 4) is 5.75 Å². The molecule has 4 nitrogen and oxygen atoms in total. The fourth-order valence-electron chi connectivity index (χ4n) is 2.20. The van der Waals surface area contributed by atoms with E-state index in [0.717, 1.165) is 37.1 Å². The highest BCUT2D eigenvalue weighted by atomic mass is 16.5. The summed E-state index contributed by atoms with van der Waals surface area (Å²) in [5.41, 5.74) is 1.11. The quantitative estimate of drug-likeness (QED) is 0.688. The molecular weight excluding hydrogens is 264 g/mol. The fraction of sp³-hybridized carbons (Fsp3) is 0.588. The second-order valence-corrected chi connectivity index (χ2v) is 5.38. The third kappa shape index (κ3) is 6.17. The Bertz CT molecular complexity index is 435.